The van der Waals surface area contributed by atoms with Gasteiger partial charge in [0.15, 0.2) is 0 Å². The molecule has 1 aromatic carbocycles. The minimum absolute atomic E-state index is 0.0714. The third-order valence-electron chi connectivity index (χ3n) is 4.40. The van der Waals surface area contributed by atoms with E-state index in [2.05, 4.69) is 19.2 Å². The number of rotatable bonds is 4. The molecule has 6 nitrogen and oxygen atoms in total. The van der Waals surface area contributed by atoms with E-state index in [-0.39, 0.29) is 17.3 Å². The first kappa shape index (κ1) is 15.3. The standard InChI is InChI=1S/C15H20N2O4/c1-9-3-5-12(7-10(9)2)16-13-6-4-11(15(18)19)8-14(13)17(20)21/h4,6,8-10,12,16H,3,5,7H2,1-2H3,(H,18,19). The topological polar surface area (TPSA) is 92.5 Å². The predicted octanol–water partition coefficient (Wildman–Crippen LogP) is 3.53. The Hall–Kier alpha value is -2.11. The molecule has 0 bridgehead atoms. The fourth-order valence-corrected chi connectivity index (χ4v) is 2.84. The maximum absolute atomic E-state index is 11.1. The lowest BCUT2D eigenvalue weighted by atomic mass is 9.79. The van der Waals surface area contributed by atoms with Crippen molar-refractivity contribution >= 4 is 17.3 Å². The molecule has 1 aliphatic carbocycles. The molecule has 1 aromatic rings. The van der Waals surface area contributed by atoms with Crippen LogP contribution in [-0.4, -0.2) is 22.0 Å². The highest BCUT2D eigenvalue weighted by Gasteiger charge is 2.26. The van der Waals surface area contributed by atoms with E-state index in [0.29, 0.717) is 17.5 Å². The van der Waals surface area contributed by atoms with Crippen LogP contribution in [0, 0.1) is 22.0 Å². The molecule has 2 N–H and O–H groups in total. The molecule has 114 valence electrons. The Labute approximate surface area is 123 Å². The summed E-state index contributed by atoms with van der Waals surface area (Å²) in [7, 11) is 0. The van der Waals surface area contributed by atoms with Crippen LogP contribution in [0.5, 0.6) is 0 Å². The molecular formula is C15H20N2O4. The zero-order valence-corrected chi connectivity index (χ0v) is 12.2. The average Bonchev–Trinajstić information content (AvgIpc) is 2.43. The van der Waals surface area contributed by atoms with Gasteiger partial charge in [-0.1, -0.05) is 13.8 Å². The zero-order chi connectivity index (χ0) is 15.6. The van der Waals surface area contributed by atoms with Crippen molar-refractivity contribution in [3.63, 3.8) is 0 Å². The first-order chi connectivity index (χ1) is 9.88. The molecule has 1 aliphatic rings. The Bertz CT molecular complexity index is 559. The molecule has 0 amide bonds. The van der Waals surface area contributed by atoms with E-state index in [1.54, 1.807) is 0 Å². The van der Waals surface area contributed by atoms with Crippen molar-refractivity contribution < 1.29 is 14.8 Å². The van der Waals surface area contributed by atoms with Gasteiger partial charge in [-0.25, -0.2) is 4.79 Å². The van der Waals surface area contributed by atoms with Crippen molar-refractivity contribution in [3.05, 3.63) is 33.9 Å². The molecule has 1 fully saturated rings. The quantitative estimate of drug-likeness (QED) is 0.654. The molecule has 6 heteroatoms. The zero-order valence-electron chi connectivity index (χ0n) is 12.2. The molecular weight excluding hydrogens is 272 g/mol. The summed E-state index contributed by atoms with van der Waals surface area (Å²) in [6.07, 6.45) is 3.04. The normalized spacial score (nSPS) is 25.3. The van der Waals surface area contributed by atoms with Gasteiger partial charge < -0.3 is 10.4 Å². The summed E-state index contributed by atoms with van der Waals surface area (Å²) in [4.78, 5) is 21.5. The average molecular weight is 292 g/mol. The van der Waals surface area contributed by atoms with E-state index in [1.807, 2.05) is 0 Å². The van der Waals surface area contributed by atoms with Crippen molar-refractivity contribution in [3.8, 4) is 0 Å². The Balaban J connectivity index is 2.19. The second-order valence-corrected chi connectivity index (χ2v) is 5.90. The second-order valence-electron chi connectivity index (χ2n) is 5.90. The summed E-state index contributed by atoms with van der Waals surface area (Å²) in [5.41, 5.74) is 0.149. The third-order valence-corrected chi connectivity index (χ3v) is 4.40. The SMILES string of the molecule is CC1CCC(Nc2ccc(C(=O)O)cc2[N+](=O)[O-])CC1C. The lowest BCUT2D eigenvalue weighted by Crippen LogP contribution is -2.30. The highest BCUT2D eigenvalue weighted by atomic mass is 16.6. The van der Waals surface area contributed by atoms with Gasteiger partial charge in [0, 0.05) is 12.1 Å². The van der Waals surface area contributed by atoms with Gasteiger partial charge in [0.1, 0.15) is 5.69 Å². The lowest BCUT2D eigenvalue weighted by Gasteiger charge is -2.33. The van der Waals surface area contributed by atoms with Crippen LogP contribution >= 0.6 is 0 Å². The number of carboxylic acid groups (broad SMARTS) is 1. The van der Waals surface area contributed by atoms with Crippen molar-refractivity contribution in [2.24, 2.45) is 11.8 Å². The van der Waals surface area contributed by atoms with E-state index in [9.17, 15) is 14.9 Å². The van der Waals surface area contributed by atoms with Crippen LogP contribution in [-0.2, 0) is 0 Å². The number of benzene rings is 1. The molecule has 3 unspecified atom stereocenters. The van der Waals surface area contributed by atoms with Crippen molar-refractivity contribution in [2.75, 3.05) is 5.32 Å². The fourth-order valence-electron chi connectivity index (χ4n) is 2.84. The maximum Gasteiger partial charge on any atom is 0.335 e. The van der Waals surface area contributed by atoms with Gasteiger partial charge in [-0.3, -0.25) is 10.1 Å². The van der Waals surface area contributed by atoms with E-state index in [0.717, 1.165) is 25.3 Å². The molecule has 0 heterocycles. The largest absolute Gasteiger partial charge is 0.478 e. The number of nitro benzene ring substituents is 1. The Morgan fingerprint density at radius 3 is 2.62 bits per heavy atom. The Morgan fingerprint density at radius 2 is 2.05 bits per heavy atom. The molecule has 0 aromatic heterocycles. The molecule has 0 aliphatic heterocycles. The smallest absolute Gasteiger partial charge is 0.335 e. The van der Waals surface area contributed by atoms with Gasteiger partial charge in [0.05, 0.1) is 10.5 Å². The van der Waals surface area contributed by atoms with Crippen LogP contribution in [0.1, 0.15) is 43.5 Å². The number of nitrogens with zero attached hydrogens (tertiary/aromatic N) is 1. The van der Waals surface area contributed by atoms with Gasteiger partial charge in [0.25, 0.3) is 5.69 Å². The molecule has 2 rings (SSSR count). The number of aromatic carboxylic acids is 1. The van der Waals surface area contributed by atoms with Crippen LogP contribution in [0.4, 0.5) is 11.4 Å². The van der Waals surface area contributed by atoms with Gasteiger partial charge in [-0.15, -0.1) is 0 Å². The summed E-state index contributed by atoms with van der Waals surface area (Å²) < 4.78 is 0. The minimum Gasteiger partial charge on any atom is -0.478 e. The Kier molecular flexibility index (Phi) is 4.45. The van der Waals surface area contributed by atoms with Crippen LogP contribution in [0.25, 0.3) is 0 Å². The van der Waals surface area contributed by atoms with E-state index in [1.165, 1.54) is 12.1 Å². The summed E-state index contributed by atoms with van der Waals surface area (Å²) in [5, 5.41) is 23.3. The first-order valence-corrected chi connectivity index (χ1v) is 7.16. The minimum atomic E-state index is -1.16. The summed E-state index contributed by atoms with van der Waals surface area (Å²) in [5.74, 6) is 0.0887. The third kappa shape index (κ3) is 3.51. The summed E-state index contributed by atoms with van der Waals surface area (Å²) in [6.45, 7) is 4.42. The van der Waals surface area contributed by atoms with Crippen LogP contribution in [0.3, 0.4) is 0 Å². The summed E-state index contributed by atoms with van der Waals surface area (Å²) >= 11 is 0. The van der Waals surface area contributed by atoms with Crippen molar-refractivity contribution in [2.45, 2.75) is 39.2 Å². The Morgan fingerprint density at radius 1 is 1.33 bits per heavy atom. The van der Waals surface area contributed by atoms with E-state index >= 15 is 0 Å². The molecule has 3 atom stereocenters. The van der Waals surface area contributed by atoms with Gasteiger partial charge in [-0.05, 0) is 43.2 Å². The molecule has 21 heavy (non-hydrogen) atoms. The number of carboxylic acids is 1. The van der Waals surface area contributed by atoms with Gasteiger partial charge in [0.2, 0.25) is 0 Å². The van der Waals surface area contributed by atoms with Crippen LogP contribution < -0.4 is 5.32 Å². The van der Waals surface area contributed by atoms with Gasteiger partial charge in [-0.2, -0.15) is 0 Å². The number of anilines is 1. The van der Waals surface area contributed by atoms with Crippen LogP contribution in [0.2, 0.25) is 0 Å². The van der Waals surface area contributed by atoms with Crippen LogP contribution in [0.15, 0.2) is 18.2 Å². The highest BCUT2D eigenvalue weighted by molar-refractivity contribution is 5.89. The van der Waals surface area contributed by atoms with Crippen molar-refractivity contribution in [1.82, 2.24) is 0 Å². The van der Waals surface area contributed by atoms with E-state index < -0.39 is 10.9 Å². The predicted molar refractivity (Wildman–Crippen MR) is 79.6 cm³/mol. The summed E-state index contributed by atoms with van der Waals surface area (Å²) in [6, 6.07) is 4.20. The number of nitro groups is 1. The fraction of sp³-hybridized carbons (Fsp3) is 0.533. The molecule has 0 spiro atoms. The second kappa shape index (κ2) is 6.11. The maximum atomic E-state index is 11.1. The number of hydrogen-bond donors (Lipinski definition) is 2. The molecule has 0 radical (unpaired) electrons. The van der Waals surface area contributed by atoms with Crippen molar-refractivity contribution in [1.29, 1.82) is 0 Å². The monoisotopic (exact) mass is 292 g/mol. The van der Waals surface area contributed by atoms with E-state index in [4.69, 9.17) is 5.11 Å². The highest BCUT2D eigenvalue weighted by Crippen LogP contribution is 2.33. The van der Waals surface area contributed by atoms with Gasteiger partial charge >= 0.3 is 5.97 Å². The number of carbonyl (C=O) groups is 1. The molecule has 1 saturated carbocycles. The lowest BCUT2D eigenvalue weighted by molar-refractivity contribution is -0.384. The number of nitrogens with one attached hydrogen (secondary N) is 1. The first-order valence-electron chi connectivity index (χ1n) is 7.16. The number of hydrogen-bond acceptors (Lipinski definition) is 4. The molecule has 0 saturated heterocycles.